The van der Waals surface area contributed by atoms with E-state index in [0.29, 0.717) is 0 Å². The van der Waals surface area contributed by atoms with E-state index in [1.807, 2.05) is 0 Å². The van der Waals surface area contributed by atoms with Crippen molar-refractivity contribution in [2.75, 3.05) is 6.61 Å². The summed E-state index contributed by atoms with van der Waals surface area (Å²) in [5, 5.41) is 27.5. The molecule has 0 N–H and O–H groups in total. The van der Waals surface area contributed by atoms with Gasteiger partial charge < -0.3 is 20.0 Å². The Labute approximate surface area is 122 Å². The first-order valence-electron chi connectivity index (χ1n) is 3.47. The van der Waals surface area contributed by atoms with Gasteiger partial charge in [-0.15, -0.1) is 0 Å². The first-order chi connectivity index (χ1) is 6.15. The van der Waals surface area contributed by atoms with Gasteiger partial charge in [-0.3, -0.25) is 0 Å². The first-order valence-corrected chi connectivity index (χ1v) is 3.47. The van der Waals surface area contributed by atoms with Gasteiger partial charge in [0.1, 0.15) is 5.70 Å². The van der Waals surface area contributed by atoms with E-state index in [1.165, 1.54) is 0 Å². The molecule has 0 aromatic rings. The van der Waals surface area contributed by atoms with Crippen LogP contribution in [-0.4, -0.2) is 11.5 Å². The monoisotopic (exact) mass is 223 g/mol. The van der Waals surface area contributed by atoms with Crippen LogP contribution in [0.4, 0.5) is 0 Å². The second kappa shape index (κ2) is 6.25. The van der Waals surface area contributed by atoms with Crippen LogP contribution >= 0.6 is 0 Å². The van der Waals surface area contributed by atoms with Gasteiger partial charge in [-0.2, -0.15) is 0 Å². The largest absolute Gasteiger partial charge is 1.00 e. The Morgan fingerprint density at radius 2 is 2.29 bits per heavy atom. The van der Waals surface area contributed by atoms with Gasteiger partial charge in [-0.1, -0.05) is 6.92 Å². The van der Waals surface area contributed by atoms with E-state index in [2.05, 4.69) is 15.0 Å². The van der Waals surface area contributed by atoms with Crippen molar-refractivity contribution < 1.29 is 66.2 Å². The van der Waals surface area contributed by atoms with Crippen LogP contribution in [0.1, 0.15) is 6.92 Å². The summed E-state index contributed by atoms with van der Waals surface area (Å²) < 4.78 is 4.56. The second-order valence-electron chi connectivity index (χ2n) is 2.07. The molecule has 0 aliphatic carbocycles. The van der Waals surface area contributed by atoms with Crippen LogP contribution in [0.3, 0.4) is 0 Å². The van der Waals surface area contributed by atoms with Crippen LogP contribution in [0.15, 0.2) is 33.8 Å². The van der Waals surface area contributed by atoms with Crippen molar-refractivity contribution in [1.29, 1.82) is 0 Å². The van der Waals surface area contributed by atoms with E-state index in [-0.39, 0.29) is 63.7 Å². The fraction of sp³-hybridized carbons (Fsp3) is 0.333. The average molecular weight is 223 g/mol. The van der Waals surface area contributed by atoms with Crippen molar-refractivity contribution in [1.82, 2.24) is 0 Å². The third kappa shape index (κ3) is 3.46. The maximum absolute atomic E-state index is 10.9. The molecular weight excluding hydrogens is 217 g/mol. The van der Waals surface area contributed by atoms with Gasteiger partial charge >= 0.3 is 57.2 Å². The number of hydrogen-bond donors (Lipinski definition) is 0. The van der Waals surface area contributed by atoms with E-state index in [4.69, 9.17) is 0 Å². The van der Waals surface area contributed by atoms with E-state index < -0.39 is 16.7 Å². The Kier molecular flexibility index (Phi) is 6.12. The molecule has 1 aliphatic heterocycles. The summed E-state index contributed by atoms with van der Waals surface area (Å²) in [7, 11) is 0. The molecule has 0 bridgehead atoms. The number of ether oxygens (including phenoxy) is 1. The number of hydrogen-bond acceptors (Lipinski definition) is 6. The molecule has 0 aromatic heterocycles. The molecule has 0 saturated heterocycles. The zero-order chi connectivity index (χ0) is 9.84. The molecule has 0 fully saturated rings. The SMILES string of the molecule is CCO/C([O-])=C1\C=C([N+](=O)[O-])N=N1.[K+]. The predicted molar refractivity (Wildman–Crippen MR) is 38.6 cm³/mol. The van der Waals surface area contributed by atoms with Gasteiger partial charge in [0.15, 0.2) is 0 Å². The molecule has 0 radical (unpaired) electrons. The van der Waals surface area contributed by atoms with Crippen LogP contribution in [0.2, 0.25) is 0 Å². The van der Waals surface area contributed by atoms with Crippen LogP contribution < -0.4 is 56.5 Å². The van der Waals surface area contributed by atoms with Gasteiger partial charge in [-0.05, 0) is 16.6 Å². The zero-order valence-electron chi connectivity index (χ0n) is 7.76. The smallest absolute Gasteiger partial charge is 0.612 e. The van der Waals surface area contributed by atoms with Gasteiger partial charge in [0.2, 0.25) is 0 Å². The summed E-state index contributed by atoms with van der Waals surface area (Å²) >= 11 is 0. The molecule has 1 aliphatic rings. The summed E-state index contributed by atoms with van der Waals surface area (Å²) in [4.78, 5) is 9.42. The van der Waals surface area contributed by atoms with Crippen LogP contribution in [-0.2, 0) is 4.74 Å². The minimum Gasteiger partial charge on any atom is -0.612 e. The normalized spacial score (nSPS) is 17.1. The maximum Gasteiger partial charge on any atom is 1.00 e. The zero-order valence-corrected chi connectivity index (χ0v) is 10.9. The Morgan fingerprint density at radius 1 is 1.64 bits per heavy atom. The second-order valence-corrected chi connectivity index (χ2v) is 2.07. The third-order valence-electron chi connectivity index (χ3n) is 1.20. The molecule has 14 heavy (non-hydrogen) atoms. The van der Waals surface area contributed by atoms with E-state index in [9.17, 15) is 15.2 Å². The van der Waals surface area contributed by atoms with E-state index in [1.54, 1.807) is 6.92 Å². The Hall–Kier alpha value is -0.284. The topological polar surface area (TPSA) is 100 Å². The van der Waals surface area contributed by atoms with Gasteiger partial charge in [0.05, 0.1) is 17.1 Å². The fourth-order valence-electron chi connectivity index (χ4n) is 0.679. The summed E-state index contributed by atoms with van der Waals surface area (Å²) in [6.07, 6.45) is 0.970. The Balaban J connectivity index is 0.00000169. The third-order valence-corrected chi connectivity index (χ3v) is 1.20. The minimum atomic E-state index is -0.726. The molecule has 0 saturated carbocycles. The quantitative estimate of drug-likeness (QED) is 0.222. The first kappa shape index (κ1) is 13.7. The predicted octanol–water partition coefficient (Wildman–Crippen LogP) is -2.86. The van der Waals surface area contributed by atoms with Crippen molar-refractivity contribution >= 4 is 0 Å². The number of allylic oxidation sites excluding steroid dienone is 1. The van der Waals surface area contributed by atoms with Crippen LogP contribution in [0, 0.1) is 10.1 Å². The van der Waals surface area contributed by atoms with Crippen molar-refractivity contribution in [2.24, 2.45) is 10.2 Å². The summed E-state index contributed by atoms with van der Waals surface area (Å²) in [6.45, 7) is 1.82. The van der Waals surface area contributed by atoms with Gasteiger partial charge in [0, 0.05) is 0 Å². The molecular formula is C6H6KN3O4. The summed E-state index contributed by atoms with van der Waals surface area (Å²) in [6, 6.07) is 0. The number of azo groups is 1. The molecule has 0 unspecified atom stereocenters. The van der Waals surface area contributed by atoms with Gasteiger partial charge in [0.25, 0.3) is 0 Å². The van der Waals surface area contributed by atoms with Crippen molar-refractivity contribution in [3.63, 3.8) is 0 Å². The molecule has 0 spiro atoms. The Bertz CT molecular complexity index is 323. The molecule has 0 aromatic carbocycles. The van der Waals surface area contributed by atoms with Gasteiger partial charge in [-0.25, -0.2) is 0 Å². The Morgan fingerprint density at radius 3 is 2.71 bits per heavy atom. The van der Waals surface area contributed by atoms with Crippen molar-refractivity contribution in [2.45, 2.75) is 6.92 Å². The number of nitro groups is 1. The number of nitrogens with zero attached hydrogens (tertiary/aromatic N) is 3. The van der Waals surface area contributed by atoms with E-state index >= 15 is 0 Å². The standard InChI is InChI=1S/C6H7N3O4.K/c1-2-13-6(10)4-3-5(8-7-4)9(11)12;/h3,10H,2H2,1H3;/q;+1/p-1/b6-4+;. The molecule has 1 heterocycles. The molecule has 7 nitrogen and oxygen atoms in total. The summed E-state index contributed by atoms with van der Waals surface area (Å²) in [5.74, 6) is -1.16. The van der Waals surface area contributed by atoms with Crippen LogP contribution in [0.25, 0.3) is 0 Å². The summed E-state index contributed by atoms with van der Waals surface area (Å²) in [5.41, 5.74) is -0.145. The molecule has 70 valence electrons. The fourth-order valence-corrected chi connectivity index (χ4v) is 0.679. The maximum atomic E-state index is 10.9. The van der Waals surface area contributed by atoms with E-state index in [0.717, 1.165) is 6.08 Å². The average Bonchev–Trinajstić information content (AvgIpc) is 2.52. The molecule has 1 rings (SSSR count). The molecule has 0 atom stereocenters. The number of rotatable bonds is 3. The molecule has 0 amide bonds. The minimum absolute atomic E-state index is 0. The van der Waals surface area contributed by atoms with Crippen LogP contribution in [0.5, 0.6) is 0 Å². The van der Waals surface area contributed by atoms with Crippen molar-refractivity contribution in [3.8, 4) is 0 Å². The molecule has 8 heteroatoms. The van der Waals surface area contributed by atoms with Crippen molar-refractivity contribution in [3.05, 3.63) is 33.7 Å².